The van der Waals surface area contributed by atoms with E-state index in [9.17, 15) is 0 Å². The first kappa shape index (κ1) is 79.0. The SMILES string of the molecule is CC(C)N=CC=NC(C)C.CC(C)N=CC=NC(C)C.CCC(C)N=CC=NC(C)CC.[CH2-]CC.[CH3-].[CH3-].[CH3-].[CH3-].[CH3-].[Pt+2].[Pt+2].[Pt+2]. The van der Waals surface area contributed by atoms with E-state index in [1.54, 1.807) is 37.3 Å². The molecule has 0 spiro atoms. The minimum absolute atomic E-state index is 0. The first-order valence-corrected chi connectivity index (χ1v) is 13.3. The molecule has 0 radical (unpaired) electrons. The Bertz CT molecular complexity index is 505. The van der Waals surface area contributed by atoms with Gasteiger partial charge in [-0.15, -0.1) is 0 Å². The molecule has 0 N–H and O–H groups in total. The molecular weight excluding hydrogens is 1080 g/mol. The average Bonchev–Trinajstić information content (AvgIpc) is 2.77. The fraction of sp³-hybridized carbons (Fsp3) is 0.647. The van der Waals surface area contributed by atoms with Crippen LogP contribution in [0.5, 0.6) is 0 Å². The third-order valence-electron chi connectivity index (χ3n) is 3.60. The van der Waals surface area contributed by atoms with Crippen LogP contribution in [0.15, 0.2) is 30.0 Å². The second kappa shape index (κ2) is 64.9. The van der Waals surface area contributed by atoms with Crippen LogP contribution in [0.25, 0.3) is 0 Å². The summed E-state index contributed by atoms with van der Waals surface area (Å²) in [6, 6.07) is 2.34. The zero-order valence-electron chi connectivity index (χ0n) is 31.4. The predicted octanol–water partition coefficient (Wildman–Crippen LogP) is 10.1. The second-order valence-electron chi connectivity index (χ2n) is 9.18. The molecule has 6 nitrogen and oxygen atoms in total. The van der Waals surface area contributed by atoms with Crippen molar-refractivity contribution in [3.63, 3.8) is 0 Å². The van der Waals surface area contributed by atoms with Gasteiger partial charge in [0.25, 0.3) is 0 Å². The molecule has 0 aliphatic heterocycles. The van der Waals surface area contributed by atoms with E-state index >= 15 is 0 Å². The summed E-state index contributed by atoms with van der Waals surface area (Å²) in [6.07, 6.45) is 13.8. The molecule has 0 amide bonds. The van der Waals surface area contributed by atoms with Gasteiger partial charge in [-0.05, 0) is 82.1 Å². The Morgan fingerprint density at radius 1 is 0.395 bits per heavy atom. The molecular formula is C34H74N6Pt3. The molecule has 0 saturated heterocycles. The van der Waals surface area contributed by atoms with Crippen molar-refractivity contribution in [3.8, 4) is 0 Å². The van der Waals surface area contributed by atoms with Crippen LogP contribution in [0, 0.1) is 44.1 Å². The Morgan fingerprint density at radius 3 is 0.651 bits per heavy atom. The molecule has 2 atom stereocenters. The normalized spacial score (nSPS) is 11.3. The second-order valence-corrected chi connectivity index (χ2v) is 9.18. The summed E-state index contributed by atoms with van der Waals surface area (Å²) in [5.74, 6) is 0. The van der Waals surface area contributed by atoms with Gasteiger partial charge in [0.05, 0.1) is 0 Å². The molecule has 0 aliphatic rings. The van der Waals surface area contributed by atoms with Crippen molar-refractivity contribution < 1.29 is 63.2 Å². The average molecular weight is 1150 g/mol. The van der Waals surface area contributed by atoms with Crippen LogP contribution < -0.4 is 0 Å². The molecule has 0 rings (SSSR count). The van der Waals surface area contributed by atoms with Crippen molar-refractivity contribution in [2.24, 2.45) is 30.0 Å². The minimum atomic E-state index is 0. The standard InChI is InChI=1S/C10H20N2.2C8H16N2.C3H7.5CH3.3Pt/c1-5-9(3)11-7-8-12-10(4)6-2;2*1-7(2)9-5-6-10-8(3)4;1-3-2;;;;;;;;/h7-10H,5-6H2,1-4H3;2*5-8H,1-4H3;1,3H2,2H3;5*1H3;;;/q;;;6*-1;3*+2. The molecule has 270 valence electrons. The Kier molecular flexibility index (Phi) is 119. The largest absolute Gasteiger partial charge is 2.00 e. The van der Waals surface area contributed by atoms with Crippen molar-refractivity contribution in [3.05, 3.63) is 44.1 Å². The van der Waals surface area contributed by atoms with E-state index in [-0.39, 0.29) is 100 Å². The van der Waals surface area contributed by atoms with Crippen LogP contribution in [-0.2, 0) is 63.2 Å². The molecule has 2 unspecified atom stereocenters. The zero-order valence-corrected chi connectivity index (χ0v) is 38.2. The van der Waals surface area contributed by atoms with Gasteiger partial charge in [-0.3, -0.25) is 30.0 Å². The minimum Gasteiger partial charge on any atom is -0.358 e. The van der Waals surface area contributed by atoms with Crippen molar-refractivity contribution in [2.45, 2.75) is 146 Å². The van der Waals surface area contributed by atoms with Crippen LogP contribution in [0.3, 0.4) is 0 Å². The van der Waals surface area contributed by atoms with Crippen molar-refractivity contribution in [2.75, 3.05) is 0 Å². The number of hydrogen-bond acceptors (Lipinski definition) is 6. The van der Waals surface area contributed by atoms with Gasteiger partial charge in [-0.25, -0.2) is 0 Å². The van der Waals surface area contributed by atoms with E-state index in [0.717, 1.165) is 19.3 Å². The van der Waals surface area contributed by atoms with Gasteiger partial charge in [-0.1, -0.05) is 20.8 Å². The molecule has 0 saturated carbocycles. The van der Waals surface area contributed by atoms with Crippen molar-refractivity contribution in [1.29, 1.82) is 0 Å². The number of aliphatic imine (C=N–C) groups is 6. The Hall–Kier alpha value is 0.0849. The summed E-state index contributed by atoms with van der Waals surface area (Å²) in [5.41, 5.74) is 0. The van der Waals surface area contributed by atoms with Crippen LogP contribution in [0.4, 0.5) is 0 Å². The van der Waals surface area contributed by atoms with Gasteiger partial charge in [0.1, 0.15) is 0 Å². The third kappa shape index (κ3) is 107. The molecule has 43 heavy (non-hydrogen) atoms. The van der Waals surface area contributed by atoms with Crippen molar-refractivity contribution in [1.82, 2.24) is 0 Å². The zero-order chi connectivity index (χ0) is 28.1. The number of rotatable bonds is 11. The van der Waals surface area contributed by atoms with Crippen LogP contribution in [0.2, 0.25) is 0 Å². The summed E-state index contributed by atoms with van der Waals surface area (Å²) in [5, 5.41) is 0. The Labute approximate surface area is 317 Å². The summed E-state index contributed by atoms with van der Waals surface area (Å²) in [4.78, 5) is 25.0. The maximum absolute atomic E-state index is 4.27. The number of hydrogen-bond donors (Lipinski definition) is 0. The Morgan fingerprint density at radius 2 is 0.535 bits per heavy atom. The fourth-order valence-electron chi connectivity index (χ4n) is 1.42. The first-order chi connectivity index (χ1) is 16.4. The van der Waals surface area contributed by atoms with Gasteiger partial charge >= 0.3 is 63.2 Å². The molecule has 9 heteroatoms. The van der Waals surface area contributed by atoms with Crippen LogP contribution >= 0.6 is 0 Å². The first-order valence-electron chi connectivity index (χ1n) is 13.3. The third-order valence-corrected chi connectivity index (χ3v) is 3.60. The monoisotopic (exact) mass is 1150 g/mol. The maximum atomic E-state index is 4.27. The molecule has 0 aliphatic carbocycles. The maximum Gasteiger partial charge on any atom is 2.00 e. The van der Waals surface area contributed by atoms with E-state index in [1.807, 2.05) is 62.3 Å². The molecule has 0 aromatic rings. The summed E-state index contributed by atoms with van der Waals surface area (Å²) < 4.78 is 0. The molecule has 0 heterocycles. The Balaban J connectivity index is -0.0000000295. The van der Waals surface area contributed by atoms with Crippen LogP contribution in [0.1, 0.15) is 109 Å². The van der Waals surface area contributed by atoms with Crippen molar-refractivity contribution >= 4 is 37.3 Å². The summed E-state index contributed by atoms with van der Waals surface area (Å²) in [6.45, 7) is 30.3. The summed E-state index contributed by atoms with van der Waals surface area (Å²) >= 11 is 0. The summed E-state index contributed by atoms with van der Waals surface area (Å²) in [7, 11) is 0. The van der Waals surface area contributed by atoms with Gasteiger partial charge in [0.2, 0.25) is 0 Å². The van der Waals surface area contributed by atoms with Gasteiger partial charge < -0.3 is 44.1 Å². The van der Waals surface area contributed by atoms with Crippen LogP contribution in [-0.4, -0.2) is 73.5 Å². The molecule has 0 bridgehead atoms. The van der Waals surface area contributed by atoms with Gasteiger partial charge in [0, 0.05) is 73.5 Å². The number of nitrogens with zero attached hydrogens (tertiary/aromatic N) is 6. The molecule has 0 aromatic heterocycles. The van der Waals surface area contributed by atoms with E-state index in [2.05, 4.69) is 64.6 Å². The van der Waals surface area contributed by atoms with Gasteiger partial charge in [0.15, 0.2) is 0 Å². The van der Waals surface area contributed by atoms with E-state index in [4.69, 9.17) is 0 Å². The molecule has 0 aromatic carbocycles. The molecule has 0 fully saturated rings. The topological polar surface area (TPSA) is 74.2 Å². The van der Waals surface area contributed by atoms with E-state index < -0.39 is 0 Å². The van der Waals surface area contributed by atoms with E-state index in [1.165, 1.54) is 0 Å². The quantitative estimate of drug-likeness (QED) is 0.146. The van der Waals surface area contributed by atoms with Gasteiger partial charge in [-0.2, -0.15) is 6.42 Å². The predicted molar refractivity (Wildman–Crippen MR) is 199 cm³/mol. The smallest absolute Gasteiger partial charge is 0.358 e. The van der Waals surface area contributed by atoms with E-state index in [0.29, 0.717) is 36.3 Å². The fourth-order valence-corrected chi connectivity index (χ4v) is 1.42.